The molecule has 1 fully saturated rings. The summed E-state index contributed by atoms with van der Waals surface area (Å²) >= 11 is 0. The van der Waals surface area contributed by atoms with Crippen LogP contribution in [0.4, 0.5) is 0 Å². The minimum Gasteiger partial charge on any atom is -0.389 e. The van der Waals surface area contributed by atoms with Crippen LogP contribution in [0.15, 0.2) is 0 Å². The number of piperidine rings is 1. The van der Waals surface area contributed by atoms with Crippen molar-refractivity contribution in [3.05, 3.63) is 0 Å². The molecule has 0 aromatic heterocycles. The summed E-state index contributed by atoms with van der Waals surface area (Å²) in [6.07, 6.45) is 0.0278. The van der Waals surface area contributed by atoms with Gasteiger partial charge in [-0.05, 0) is 19.9 Å². The molecule has 3 nitrogen and oxygen atoms in total. The van der Waals surface area contributed by atoms with Crippen LogP contribution in [0.2, 0.25) is 0 Å². The lowest BCUT2D eigenvalue weighted by Gasteiger charge is -2.33. The average Bonchev–Trinajstić information content (AvgIpc) is 1.77. The first kappa shape index (κ1) is 6.99. The Labute approximate surface area is 54.7 Å². The summed E-state index contributed by atoms with van der Waals surface area (Å²) in [5.41, 5.74) is -0.870. The third-order valence-electron chi connectivity index (χ3n) is 1.86. The summed E-state index contributed by atoms with van der Waals surface area (Å²) in [5, 5.41) is 21.5. The summed E-state index contributed by atoms with van der Waals surface area (Å²) < 4.78 is 0. The molecule has 0 aromatic rings. The second kappa shape index (κ2) is 2.25. The number of hydrogen-bond acceptors (Lipinski definition) is 3. The minimum absolute atomic E-state index is 0.507. The van der Waals surface area contributed by atoms with Crippen LogP contribution in [-0.2, 0) is 0 Å². The van der Waals surface area contributed by atoms with Crippen molar-refractivity contribution in [1.82, 2.24) is 5.32 Å². The van der Waals surface area contributed by atoms with Gasteiger partial charge in [0.05, 0.1) is 11.7 Å². The molecule has 1 aliphatic rings. The van der Waals surface area contributed by atoms with E-state index < -0.39 is 11.7 Å². The van der Waals surface area contributed by atoms with E-state index >= 15 is 0 Å². The van der Waals surface area contributed by atoms with Gasteiger partial charge in [0.15, 0.2) is 0 Å². The van der Waals surface area contributed by atoms with Crippen molar-refractivity contribution < 1.29 is 10.2 Å². The number of aliphatic hydroxyl groups is 2. The van der Waals surface area contributed by atoms with Crippen LogP contribution in [0.25, 0.3) is 0 Å². The Bertz CT molecular complexity index is 103. The smallest absolute Gasteiger partial charge is 0.0948 e. The van der Waals surface area contributed by atoms with Crippen molar-refractivity contribution in [2.24, 2.45) is 0 Å². The standard InChI is InChI=1S/C6H13NO2/c1-6(9)2-3-7-4-5(6)8/h5,7-9H,2-4H2,1H3/t5?,6-/m1/s1. The Morgan fingerprint density at radius 2 is 2.33 bits per heavy atom. The van der Waals surface area contributed by atoms with E-state index in [-0.39, 0.29) is 0 Å². The second-order valence-corrected chi connectivity index (χ2v) is 2.83. The highest BCUT2D eigenvalue weighted by molar-refractivity contribution is 4.87. The summed E-state index contributed by atoms with van der Waals surface area (Å²) in [4.78, 5) is 0. The highest BCUT2D eigenvalue weighted by Gasteiger charge is 2.32. The lowest BCUT2D eigenvalue weighted by molar-refractivity contribution is -0.0783. The lowest BCUT2D eigenvalue weighted by Crippen LogP contribution is -2.52. The van der Waals surface area contributed by atoms with Gasteiger partial charge in [0, 0.05) is 6.54 Å². The molecular weight excluding hydrogens is 118 g/mol. The van der Waals surface area contributed by atoms with Crippen LogP contribution in [0.1, 0.15) is 13.3 Å². The van der Waals surface area contributed by atoms with Gasteiger partial charge in [0.2, 0.25) is 0 Å². The van der Waals surface area contributed by atoms with Crippen molar-refractivity contribution in [1.29, 1.82) is 0 Å². The van der Waals surface area contributed by atoms with Gasteiger partial charge in [-0.25, -0.2) is 0 Å². The predicted molar refractivity (Wildman–Crippen MR) is 34.1 cm³/mol. The molecule has 54 valence electrons. The predicted octanol–water partition coefficient (Wildman–Crippen LogP) is -0.908. The lowest BCUT2D eigenvalue weighted by atomic mass is 9.92. The molecule has 3 N–H and O–H groups in total. The van der Waals surface area contributed by atoms with E-state index in [1.54, 1.807) is 6.92 Å². The number of β-amino-alcohol motifs (C(OH)–C–C–N with tert-alkyl or cyclic N) is 1. The van der Waals surface area contributed by atoms with E-state index in [0.29, 0.717) is 13.0 Å². The molecule has 0 radical (unpaired) electrons. The molecule has 9 heavy (non-hydrogen) atoms. The van der Waals surface area contributed by atoms with E-state index in [1.807, 2.05) is 0 Å². The maximum atomic E-state index is 9.35. The van der Waals surface area contributed by atoms with Gasteiger partial charge in [-0.15, -0.1) is 0 Å². The third kappa shape index (κ3) is 1.41. The van der Waals surface area contributed by atoms with Crippen molar-refractivity contribution in [3.63, 3.8) is 0 Å². The van der Waals surface area contributed by atoms with E-state index in [4.69, 9.17) is 5.11 Å². The highest BCUT2D eigenvalue weighted by atomic mass is 16.3. The molecule has 1 aliphatic heterocycles. The largest absolute Gasteiger partial charge is 0.389 e. The van der Waals surface area contributed by atoms with Crippen LogP contribution in [-0.4, -0.2) is 35.0 Å². The fourth-order valence-corrected chi connectivity index (χ4v) is 0.967. The number of rotatable bonds is 0. The molecule has 0 amide bonds. The summed E-state index contributed by atoms with van der Waals surface area (Å²) in [6, 6.07) is 0. The molecule has 1 rings (SSSR count). The van der Waals surface area contributed by atoms with Crippen molar-refractivity contribution in [2.45, 2.75) is 25.0 Å². The molecule has 0 saturated carbocycles. The van der Waals surface area contributed by atoms with Crippen LogP contribution in [0.3, 0.4) is 0 Å². The van der Waals surface area contributed by atoms with E-state index in [2.05, 4.69) is 5.32 Å². The minimum atomic E-state index is -0.870. The monoisotopic (exact) mass is 131 g/mol. The van der Waals surface area contributed by atoms with Crippen LogP contribution in [0, 0.1) is 0 Å². The normalized spacial score (nSPS) is 45.0. The Morgan fingerprint density at radius 3 is 2.67 bits per heavy atom. The summed E-state index contributed by atoms with van der Waals surface area (Å²) in [7, 11) is 0. The van der Waals surface area contributed by atoms with Crippen LogP contribution >= 0.6 is 0 Å². The zero-order valence-electron chi connectivity index (χ0n) is 5.59. The fraction of sp³-hybridized carbons (Fsp3) is 1.00. The summed E-state index contributed by atoms with van der Waals surface area (Å²) in [6.45, 7) is 2.97. The third-order valence-corrected chi connectivity index (χ3v) is 1.86. The first-order valence-corrected chi connectivity index (χ1v) is 3.24. The van der Waals surface area contributed by atoms with Crippen molar-refractivity contribution >= 4 is 0 Å². The topological polar surface area (TPSA) is 52.5 Å². The van der Waals surface area contributed by atoms with Gasteiger partial charge in [0.1, 0.15) is 0 Å². The van der Waals surface area contributed by atoms with Gasteiger partial charge in [-0.3, -0.25) is 0 Å². The number of nitrogens with one attached hydrogen (secondary N) is 1. The quantitative estimate of drug-likeness (QED) is 0.399. The summed E-state index contributed by atoms with van der Waals surface area (Å²) in [5.74, 6) is 0. The van der Waals surface area contributed by atoms with Gasteiger partial charge in [0.25, 0.3) is 0 Å². The average molecular weight is 131 g/mol. The number of aliphatic hydroxyl groups excluding tert-OH is 1. The second-order valence-electron chi connectivity index (χ2n) is 2.83. The fourth-order valence-electron chi connectivity index (χ4n) is 0.967. The Hall–Kier alpha value is -0.120. The van der Waals surface area contributed by atoms with Crippen molar-refractivity contribution in [3.8, 4) is 0 Å². The van der Waals surface area contributed by atoms with Crippen LogP contribution in [0.5, 0.6) is 0 Å². The molecule has 2 atom stereocenters. The van der Waals surface area contributed by atoms with Gasteiger partial charge >= 0.3 is 0 Å². The Kier molecular flexibility index (Phi) is 1.75. The highest BCUT2D eigenvalue weighted by Crippen LogP contribution is 2.16. The molecule has 0 bridgehead atoms. The molecule has 3 heteroatoms. The first-order chi connectivity index (χ1) is 4.13. The number of hydrogen-bond donors (Lipinski definition) is 3. The molecule has 0 spiro atoms. The first-order valence-electron chi connectivity index (χ1n) is 3.24. The molecule has 0 aromatic carbocycles. The molecule has 0 aliphatic carbocycles. The van der Waals surface area contributed by atoms with Gasteiger partial charge < -0.3 is 15.5 Å². The van der Waals surface area contributed by atoms with E-state index in [0.717, 1.165) is 6.54 Å². The Balaban J connectivity index is 2.49. The van der Waals surface area contributed by atoms with Crippen molar-refractivity contribution in [2.75, 3.05) is 13.1 Å². The molecule has 1 unspecified atom stereocenters. The zero-order valence-corrected chi connectivity index (χ0v) is 5.59. The SMILES string of the molecule is C[C@@]1(O)CCNCC1O. The van der Waals surface area contributed by atoms with Crippen LogP contribution < -0.4 is 5.32 Å². The molecule has 1 saturated heterocycles. The zero-order chi connectivity index (χ0) is 6.91. The van der Waals surface area contributed by atoms with Gasteiger partial charge in [-0.2, -0.15) is 0 Å². The maximum Gasteiger partial charge on any atom is 0.0948 e. The molecule has 1 heterocycles. The molecular formula is C6H13NO2. The Morgan fingerprint density at radius 1 is 1.67 bits per heavy atom. The van der Waals surface area contributed by atoms with E-state index in [1.165, 1.54) is 0 Å². The van der Waals surface area contributed by atoms with Gasteiger partial charge in [-0.1, -0.05) is 0 Å². The van der Waals surface area contributed by atoms with E-state index in [9.17, 15) is 5.11 Å². The maximum absolute atomic E-state index is 9.35.